The van der Waals surface area contributed by atoms with Gasteiger partial charge in [-0.15, -0.1) is 10.2 Å². The van der Waals surface area contributed by atoms with Crippen molar-refractivity contribution in [3.05, 3.63) is 30.1 Å². The maximum Gasteiger partial charge on any atom is 0.223 e. The normalized spacial score (nSPS) is 20.7. The van der Waals surface area contributed by atoms with Crippen molar-refractivity contribution < 1.29 is 14.3 Å². The van der Waals surface area contributed by atoms with Crippen molar-refractivity contribution in [1.82, 2.24) is 20.1 Å². The van der Waals surface area contributed by atoms with Crippen LogP contribution >= 0.6 is 11.8 Å². The standard InChI is InChI=1S/C26H38N4O3S/c1-26(2)17-20(14-16-33-26)24(31)27-15-13-23-28-29-25(34-18-19-7-5-4-6-8-19)30(23)21-9-11-22(32-3)12-10-21/h9-12,19-20H,4-8,13-18H2,1-3H3,(H,27,31)/t20-/m1/s1. The van der Waals surface area contributed by atoms with Crippen LogP contribution in [0.5, 0.6) is 5.75 Å². The van der Waals surface area contributed by atoms with E-state index in [1.165, 1.54) is 32.1 Å². The number of methoxy groups -OCH3 is 1. The molecule has 4 rings (SSSR count). The van der Waals surface area contributed by atoms with Crippen molar-refractivity contribution >= 4 is 17.7 Å². The van der Waals surface area contributed by atoms with E-state index < -0.39 is 0 Å². The van der Waals surface area contributed by atoms with Gasteiger partial charge in [-0.25, -0.2) is 0 Å². The molecule has 186 valence electrons. The second-order valence-corrected chi connectivity index (χ2v) is 11.1. The van der Waals surface area contributed by atoms with E-state index in [0.29, 0.717) is 19.6 Å². The molecule has 1 amide bonds. The third-order valence-corrected chi connectivity index (χ3v) is 8.08. The predicted octanol–water partition coefficient (Wildman–Crippen LogP) is 4.81. The fraction of sp³-hybridized carbons (Fsp3) is 0.654. The summed E-state index contributed by atoms with van der Waals surface area (Å²) < 4.78 is 13.2. The summed E-state index contributed by atoms with van der Waals surface area (Å²) in [7, 11) is 1.67. The zero-order valence-electron chi connectivity index (χ0n) is 20.7. The highest BCUT2D eigenvalue weighted by atomic mass is 32.2. The summed E-state index contributed by atoms with van der Waals surface area (Å²) >= 11 is 1.80. The lowest BCUT2D eigenvalue weighted by Crippen LogP contribution is -2.42. The lowest BCUT2D eigenvalue weighted by molar-refractivity contribution is -0.135. The quantitative estimate of drug-likeness (QED) is 0.513. The van der Waals surface area contributed by atoms with Crippen molar-refractivity contribution in [2.45, 2.75) is 76.0 Å². The Morgan fingerprint density at radius 2 is 1.94 bits per heavy atom. The van der Waals surface area contributed by atoms with Gasteiger partial charge in [0.25, 0.3) is 0 Å². The monoisotopic (exact) mass is 486 g/mol. The molecule has 1 aromatic heterocycles. The average molecular weight is 487 g/mol. The number of hydrogen-bond donors (Lipinski definition) is 1. The fourth-order valence-electron chi connectivity index (χ4n) is 4.99. The summed E-state index contributed by atoms with van der Waals surface area (Å²) in [5.74, 6) is 3.63. The van der Waals surface area contributed by atoms with E-state index >= 15 is 0 Å². The van der Waals surface area contributed by atoms with Gasteiger partial charge in [0.2, 0.25) is 5.91 Å². The number of benzene rings is 1. The number of ether oxygens (including phenoxy) is 2. The summed E-state index contributed by atoms with van der Waals surface area (Å²) in [6.45, 7) is 5.28. The van der Waals surface area contributed by atoms with Crippen LogP contribution < -0.4 is 10.1 Å². The topological polar surface area (TPSA) is 78.3 Å². The molecule has 1 aliphatic carbocycles. The summed E-state index contributed by atoms with van der Waals surface area (Å²) in [5, 5.41) is 13.1. The number of aromatic nitrogens is 3. The Hall–Kier alpha value is -2.06. The molecule has 34 heavy (non-hydrogen) atoms. The average Bonchev–Trinajstić information content (AvgIpc) is 3.25. The SMILES string of the molecule is COc1ccc(-n2c(CCNC(=O)[C@@H]3CCOC(C)(C)C3)nnc2SCC2CCCCC2)cc1. The van der Waals surface area contributed by atoms with Crippen molar-refractivity contribution in [2.24, 2.45) is 11.8 Å². The number of nitrogens with one attached hydrogen (secondary N) is 1. The summed E-state index contributed by atoms with van der Waals surface area (Å²) in [4.78, 5) is 12.8. The number of amides is 1. The Morgan fingerprint density at radius 1 is 1.18 bits per heavy atom. The minimum Gasteiger partial charge on any atom is -0.497 e. The molecule has 1 saturated heterocycles. The molecular formula is C26H38N4O3S. The molecule has 1 aliphatic heterocycles. The van der Waals surface area contributed by atoms with E-state index in [9.17, 15) is 4.79 Å². The Bertz CT molecular complexity index is 938. The highest BCUT2D eigenvalue weighted by molar-refractivity contribution is 7.99. The van der Waals surface area contributed by atoms with Crippen LogP contribution in [0, 0.1) is 11.8 Å². The number of hydrogen-bond acceptors (Lipinski definition) is 6. The van der Waals surface area contributed by atoms with E-state index in [2.05, 4.69) is 33.9 Å². The maximum absolute atomic E-state index is 12.8. The van der Waals surface area contributed by atoms with Gasteiger partial charge in [-0.3, -0.25) is 9.36 Å². The number of nitrogens with zero attached hydrogens (tertiary/aromatic N) is 3. The molecule has 7 nitrogen and oxygen atoms in total. The molecule has 2 aliphatic rings. The smallest absolute Gasteiger partial charge is 0.223 e. The second-order valence-electron chi connectivity index (χ2n) is 10.1. The van der Waals surface area contributed by atoms with Gasteiger partial charge in [-0.1, -0.05) is 31.0 Å². The Morgan fingerprint density at radius 3 is 2.65 bits per heavy atom. The van der Waals surface area contributed by atoms with Crippen LogP contribution in [0.4, 0.5) is 0 Å². The van der Waals surface area contributed by atoms with Gasteiger partial charge < -0.3 is 14.8 Å². The van der Waals surface area contributed by atoms with Crippen molar-refractivity contribution in [3.8, 4) is 11.4 Å². The molecule has 0 spiro atoms. The molecule has 1 aromatic carbocycles. The summed E-state index contributed by atoms with van der Waals surface area (Å²) in [6, 6.07) is 8.00. The first-order chi connectivity index (χ1) is 16.4. The lowest BCUT2D eigenvalue weighted by atomic mass is 9.88. The minimum absolute atomic E-state index is 0.00446. The Kier molecular flexibility index (Phi) is 8.53. The number of rotatable bonds is 9. The van der Waals surface area contributed by atoms with Crippen LogP contribution in [-0.2, 0) is 16.0 Å². The first-order valence-electron chi connectivity index (χ1n) is 12.6. The highest BCUT2D eigenvalue weighted by Crippen LogP contribution is 2.31. The Balaban J connectivity index is 1.42. The first kappa shape index (κ1) is 25.0. The van der Waals surface area contributed by atoms with Crippen LogP contribution in [0.2, 0.25) is 0 Å². The number of thioether (sulfide) groups is 1. The van der Waals surface area contributed by atoms with Crippen LogP contribution in [0.3, 0.4) is 0 Å². The molecule has 1 saturated carbocycles. The lowest BCUT2D eigenvalue weighted by Gasteiger charge is -2.34. The van der Waals surface area contributed by atoms with Gasteiger partial charge in [-0.2, -0.15) is 0 Å². The van der Waals surface area contributed by atoms with Gasteiger partial charge >= 0.3 is 0 Å². The molecule has 2 aromatic rings. The van der Waals surface area contributed by atoms with E-state index in [-0.39, 0.29) is 17.4 Å². The predicted molar refractivity (Wildman–Crippen MR) is 135 cm³/mol. The van der Waals surface area contributed by atoms with E-state index in [4.69, 9.17) is 9.47 Å². The summed E-state index contributed by atoms with van der Waals surface area (Å²) in [6.07, 6.45) is 8.82. The highest BCUT2D eigenvalue weighted by Gasteiger charge is 2.32. The molecule has 1 N–H and O–H groups in total. The summed E-state index contributed by atoms with van der Waals surface area (Å²) in [5.41, 5.74) is 0.781. The molecule has 0 radical (unpaired) electrons. The van der Waals surface area contributed by atoms with E-state index in [1.54, 1.807) is 18.9 Å². The van der Waals surface area contributed by atoms with Crippen molar-refractivity contribution in [2.75, 3.05) is 26.0 Å². The van der Waals surface area contributed by atoms with Crippen molar-refractivity contribution in [1.29, 1.82) is 0 Å². The largest absolute Gasteiger partial charge is 0.497 e. The molecule has 2 fully saturated rings. The zero-order valence-corrected chi connectivity index (χ0v) is 21.5. The molecule has 1 atom stereocenters. The van der Waals surface area contributed by atoms with Gasteiger partial charge in [-0.05, 0) is 69.7 Å². The molecular weight excluding hydrogens is 448 g/mol. The zero-order chi connectivity index (χ0) is 24.0. The van der Waals surface area contributed by atoms with Gasteiger partial charge in [0, 0.05) is 36.9 Å². The van der Waals surface area contributed by atoms with Crippen LogP contribution in [-0.4, -0.2) is 52.3 Å². The van der Waals surface area contributed by atoms with Gasteiger partial charge in [0.05, 0.1) is 12.7 Å². The maximum atomic E-state index is 12.8. The first-order valence-corrected chi connectivity index (χ1v) is 13.6. The van der Waals surface area contributed by atoms with Crippen LogP contribution in [0.1, 0.15) is 64.6 Å². The minimum atomic E-state index is -0.237. The van der Waals surface area contributed by atoms with Crippen molar-refractivity contribution in [3.63, 3.8) is 0 Å². The van der Waals surface area contributed by atoms with Gasteiger partial charge in [0.15, 0.2) is 5.16 Å². The molecule has 0 bridgehead atoms. The van der Waals surface area contributed by atoms with Gasteiger partial charge in [0.1, 0.15) is 11.6 Å². The third-order valence-electron chi connectivity index (χ3n) is 6.92. The molecule has 8 heteroatoms. The molecule has 2 heterocycles. The second kappa shape index (κ2) is 11.6. The number of carbonyl (C=O) groups excluding carboxylic acids is 1. The van der Waals surface area contributed by atoms with E-state index in [1.807, 2.05) is 24.3 Å². The molecule has 0 unspecified atom stereocenters. The van der Waals surface area contributed by atoms with E-state index in [0.717, 1.165) is 46.9 Å². The van der Waals surface area contributed by atoms with Crippen LogP contribution in [0.15, 0.2) is 29.4 Å². The third kappa shape index (κ3) is 6.54. The Labute approximate surface area is 207 Å². The van der Waals surface area contributed by atoms with Crippen LogP contribution in [0.25, 0.3) is 5.69 Å². The fourth-order valence-corrected chi connectivity index (χ4v) is 6.15. The number of carbonyl (C=O) groups is 1.